The number of benzene rings is 1. The number of hydrogen-bond acceptors (Lipinski definition) is 3. The van der Waals surface area contributed by atoms with Gasteiger partial charge in [-0.3, -0.25) is 0 Å². The van der Waals surface area contributed by atoms with Gasteiger partial charge in [-0.05, 0) is 31.2 Å². The van der Waals surface area contributed by atoms with E-state index in [0.717, 1.165) is 12.2 Å². The molecule has 2 rings (SSSR count). The highest BCUT2D eigenvalue weighted by Crippen LogP contribution is 2.38. The van der Waals surface area contributed by atoms with E-state index in [2.05, 4.69) is 11.4 Å². The number of nitrogens with one attached hydrogen (secondary N) is 1. The van der Waals surface area contributed by atoms with Crippen LogP contribution in [0.4, 0.5) is 10.1 Å². The molecule has 0 aliphatic carbocycles. The van der Waals surface area contributed by atoms with Crippen molar-refractivity contribution >= 4 is 17.4 Å². The molecule has 1 aliphatic rings. The minimum absolute atomic E-state index is 0.178. The average Bonchev–Trinajstić information content (AvgIpc) is 2.64. The van der Waals surface area contributed by atoms with E-state index in [9.17, 15) is 9.65 Å². The van der Waals surface area contributed by atoms with Crippen molar-refractivity contribution in [2.24, 2.45) is 0 Å². The molecule has 1 N–H and O–H groups in total. The Hall–Kier alpha value is -1.21. The van der Waals surface area contributed by atoms with E-state index in [-0.39, 0.29) is 11.1 Å². The monoisotopic (exact) mass is 236 g/mol. The van der Waals surface area contributed by atoms with Crippen LogP contribution in [-0.4, -0.2) is 16.5 Å². The van der Waals surface area contributed by atoms with Gasteiger partial charge in [-0.15, -0.1) is 0 Å². The molecule has 1 saturated heterocycles. The number of para-hydroxylation sites is 1. The Morgan fingerprint density at radius 1 is 1.56 bits per heavy atom. The molecule has 84 valence electrons. The van der Waals surface area contributed by atoms with Gasteiger partial charge in [0, 0.05) is 5.25 Å². The Bertz CT molecular complexity index is 429. The molecule has 16 heavy (non-hydrogen) atoms. The minimum atomic E-state index is -0.632. The third-order valence-electron chi connectivity index (χ3n) is 2.99. The minimum Gasteiger partial charge on any atom is -0.364 e. The first-order valence-electron chi connectivity index (χ1n) is 5.23. The maximum Gasteiger partial charge on any atom is 0.146 e. The first-order chi connectivity index (χ1) is 7.68. The molecule has 1 aromatic rings. The molecule has 4 heteroatoms. The summed E-state index contributed by atoms with van der Waals surface area (Å²) in [5, 5.41) is 12.5. The molecule has 0 bridgehead atoms. The van der Waals surface area contributed by atoms with Gasteiger partial charge >= 0.3 is 0 Å². The molecule has 0 radical (unpaired) electrons. The molecule has 1 fully saturated rings. The summed E-state index contributed by atoms with van der Waals surface area (Å²) in [5.41, 5.74) is -0.217. The van der Waals surface area contributed by atoms with Gasteiger partial charge in [0.25, 0.3) is 0 Å². The summed E-state index contributed by atoms with van der Waals surface area (Å²) >= 11 is 1.75. The Labute approximate surface area is 98.8 Å². The SMILES string of the molecule is CC1SCCC1(C#N)Nc1ccccc1F. The Balaban J connectivity index is 2.27. The topological polar surface area (TPSA) is 35.8 Å². The maximum atomic E-state index is 13.5. The lowest BCUT2D eigenvalue weighted by molar-refractivity contribution is 0.575. The van der Waals surface area contributed by atoms with Crippen molar-refractivity contribution in [3.8, 4) is 6.07 Å². The van der Waals surface area contributed by atoms with E-state index >= 15 is 0 Å². The molecule has 0 spiro atoms. The van der Waals surface area contributed by atoms with E-state index in [4.69, 9.17) is 0 Å². The van der Waals surface area contributed by atoms with Crippen LogP contribution in [0, 0.1) is 17.1 Å². The molecule has 0 amide bonds. The molecule has 2 nitrogen and oxygen atoms in total. The van der Waals surface area contributed by atoms with Gasteiger partial charge in [0.1, 0.15) is 11.4 Å². The number of halogens is 1. The fourth-order valence-corrected chi connectivity index (χ4v) is 3.19. The smallest absolute Gasteiger partial charge is 0.146 e. The van der Waals surface area contributed by atoms with Crippen LogP contribution >= 0.6 is 11.8 Å². The van der Waals surface area contributed by atoms with E-state index in [1.165, 1.54) is 6.07 Å². The Morgan fingerprint density at radius 3 is 2.88 bits per heavy atom. The first kappa shape index (κ1) is 11.3. The molecule has 0 saturated carbocycles. The van der Waals surface area contributed by atoms with Gasteiger partial charge in [-0.25, -0.2) is 4.39 Å². The lowest BCUT2D eigenvalue weighted by Crippen LogP contribution is -2.42. The van der Waals surface area contributed by atoms with Crippen LogP contribution in [0.2, 0.25) is 0 Å². The van der Waals surface area contributed by atoms with Crippen molar-refractivity contribution in [2.75, 3.05) is 11.1 Å². The quantitative estimate of drug-likeness (QED) is 0.857. The summed E-state index contributed by atoms with van der Waals surface area (Å²) in [5.74, 6) is 0.636. The molecule has 0 aromatic heterocycles. The number of thioether (sulfide) groups is 1. The van der Waals surface area contributed by atoms with Crippen LogP contribution in [0.3, 0.4) is 0 Å². The van der Waals surface area contributed by atoms with Gasteiger partial charge in [-0.1, -0.05) is 12.1 Å². The summed E-state index contributed by atoms with van der Waals surface area (Å²) < 4.78 is 13.5. The maximum absolute atomic E-state index is 13.5. The van der Waals surface area contributed by atoms with Crippen LogP contribution in [0.15, 0.2) is 24.3 Å². The summed E-state index contributed by atoms with van der Waals surface area (Å²) in [7, 11) is 0. The van der Waals surface area contributed by atoms with Crippen molar-refractivity contribution in [3.05, 3.63) is 30.1 Å². The number of rotatable bonds is 2. The highest BCUT2D eigenvalue weighted by Gasteiger charge is 2.41. The van der Waals surface area contributed by atoms with Crippen molar-refractivity contribution in [3.63, 3.8) is 0 Å². The second-order valence-corrected chi connectivity index (χ2v) is 5.40. The van der Waals surface area contributed by atoms with Crippen molar-refractivity contribution in [2.45, 2.75) is 24.1 Å². The highest BCUT2D eigenvalue weighted by molar-refractivity contribution is 8.00. The van der Waals surface area contributed by atoms with Crippen molar-refractivity contribution in [1.82, 2.24) is 0 Å². The van der Waals surface area contributed by atoms with Gasteiger partial charge in [0.15, 0.2) is 0 Å². The fraction of sp³-hybridized carbons (Fsp3) is 0.417. The van der Waals surface area contributed by atoms with Crippen molar-refractivity contribution in [1.29, 1.82) is 5.26 Å². The van der Waals surface area contributed by atoms with Crippen LogP contribution in [0.25, 0.3) is 0 Å². The zero-order valence-corrected chi connectivity index (χ0v) is 9.85. The van der Waals surface area contributed by atoms with Crippen molar-refractivity contribution < 1.29 is 4.39 Å². The first-order valence-corrected chi connectivity index (χ1v) is 6.28. The molecule has 1 aromatic carbocycles. The van der Waals surface area contributed by atoms with E-state index in [1.54, 1.807) is 30.0 Å². The lowest BCUT2D eigenvalue weighted by atomic mass is 9.94. The summed E-state index contributed by atoms with van der Waals surface area (Å²) in [6, 6.07) is 8.79. The molecular formula is C12H13FN2S. The zero-order valence-electron chi connectivity index (χ0n) is 9.03. The molecule has 2 atom stereocenters. The van der Waals surface area contributed by atoms with Crippen LogP contribution in [0.1, 0.15) is 13.3 Å². The third kappa shape index (κ3) is 1.88. The second kappa shape index (κ2) is 4.34. The summed E-state index contributed by atoms with van der Waals surface area (Å²) in [4.78, 5) is 0. The number of nitriles is 1. The van der Waals surface area contributed by atoms with E-state index in [0.29, 0.717) is 5.69 Å². The molecule has 1 aliphatic heterocycles. The zero-order chi connectivity index (χ0) is 11.6. The number of anilines is 1. The summed E-state index contributed by atoms with van der Waals surface area (Å²) in [6.45, 7) is 2.01. The van der Waals surface area contributed by atoms with Gasteiger partial charge in [-0.2, -0.15) is 17.0 Å². The lowest BCUT2D eigenvalue weighted by Gasteiger charge is -2.27. The second-order valence-electron chi connectivity index (χ2n) is 3.95. The number of nitrogens with zero attached hydrogens (tertiary/aromatic N) is 1. The highest BCUT2D eigenvalue weighted by atomic mass is 32.2. The van der Waals surface area contributed by atoms with Gasteiger partial charge < -0.3 is 5.32 Å². The molecule has 1 heterocycles. The predicted octanol–water partition coefficient (Wildman–Crippen LogP) is 3.03. The van der Waals surface area contributed by atoms with E-state index < -0.39 is 5.54 Å². The predicted molar refractivity (Wildman–Crippen MR) is 64.9 cm³/mol. The van der Waals surface area contributed by atoms with Crippen LogP contribution < -0.4 is 5.32 Å². The normalized spacial score (nSPS) is 28.7. The Kier molecular flexibility index (Phi) is 3.06. The number of hydrogen-bond donors (Lipinski definition) is 1. The van der Waals surface area contributed by atoms with Crippen LogP contribution in [-0.2, 0) is 0 Å². The largest absolute Gasteiger partial charge is 0.364 e. The average molecular weight is 236 g/mol. The summed E-state index contributed by atoms with van der Waals surface area (Å²) in [6.07, 6.45) is 0.754. The third-order valence-corrected chi connectivity index (χ3v) is 4.33. The van der Waals surface area contributed by atoms with Gasteiger partial charge in [0.2, 0.25) is 0 Å². The van der Waals surface area contributed by atoms with E-state index in [1.807, 2.05) is 6.92 Å². The van der Waals surface area contributed by atoms with Gasteiger partial charge in [0.05, 0.1) is 11.8 Å². The Morgan fingerprint density at radius 2 is 2.31 bits per heavy atom. The molecule has 2 unspecified atom stereocenters. The molecular weight excluding hydrogens is 223 g/mol. The fourth-order valence-electron chi connectivity index (χ4n) is 1.88. The van der Waals surface area contributed by atoms with Crippen LogP contribution in [0.5, 0.6) is 0 Å². The standard InChI is InChI=1S/C12H13FN2S/c1-9-12(8-14,6-7-16-9)15-11-5-3-2-4-10(11)13/h2-5,9,15H,6-7H2,1H3.